The number of rotatable bonds is 1. The minimum atomic E-state index is 0.0892. The van der Waals surface area contributed by atoms with Gasteiger partial charge in [-0.3, -0.25) is 0 Å². The molecule has 0 radical (unpaired) electrons. The van der Waals surface area contributed by atoms with Crippen molar-refractivity contribution in [2.75, 3.05) is 7.05 Å². The summed E-state index contributed by atoms with van der Waals surface area (Å²) in [7, 11) is 2.02. The van der Waals surface area contributed by atoms with Crippen LogP contribution >= 0.6 is 0 Å². The zero-order valence-corrected chi connectivity index (χ0v) is 6.98. The SMILES string of the molecule is CNC1CCCC(C)(N)C1. The number of nitrogens with one attached hydrogen (secondary N) is 1. The third-order valence-electron chi connectivity index (χ3n) is 2.42. The first-order valence-corrected chi connectivity index (χ1v) is 4.10. The maximum absolute atomic E-state index is 6.00. The molecule has 0 aromatic heterocycles. The minimum Gasteiger partial charge on any atom is -0.325 e. The predicted molar refractivity (Wildman–Crippen MR) is 43.9 cm³/mol. The molecule has 0 spiro atoms. The highest BCUT2D eigenvalue weighted by molar-refractivity contribution is 4.88. The normalized spacial score (nSPS) is 41.7. The molecule has 2 nitrogen and oxygen atoms in total. The fourth-order valence-electron chi connectivity index (χ4n) is 1.77. The molecule has 0 aromatic rings. The Hall–Kier alpha value is -0.0800. The molecule has 3 N–H and O–H groups in total. The summed E-state index contributed by atoms with van der Waals surface area (Å²) in [6.07, 6.45) is 4.89. The molecule has 2 atom stereocenters. The average Bonchev–Trinajstić information content (AvgIpc) is 1.86. The molecule has 0 saturated heterocycles. The van der Waals surface area contributed by atoms with Gasteiger partial charge in [-0.05, 0) is 33.2 Å². The summed E-state index contributed by atoms with van der Waals surface area (Å²) in [5, 5.41) is 3.28. The van der Waals surface area contributed by atoms with Gasteiger partial charge in [0.1, 0.15) is 0 Å². The maximum atomic E-state index is 6.00. The second-order valence-corrected chi connectivity index (χ2v) is 3.74. The summed E-state index contributed by atoms with van der Waals surface area (Å²) >= 11 is 0. The maximum Gasteiger partial charge on any atom is 0.0140 e. The molecule has 1 fully saturated rings. The molecule has 1 aliphatic carbocycles. The monoisotopic (exact) mass is 142 g/mol. The van der Waals surface area contributed by atoms with Crippen LogP contribution in [0.1, 0.15) is 32.6 Å². The Balaban J connectivity index is 2.40. The lowest BCUT2D eigenvalue weighted by Gasteiger charge is -2.34. The topological polar surface area (TPSA) is 38.0 Å². The molecule has 0 amide bonds. The molecule has 1 aliphatic rings. The van der Waals surface area contributed by atoms with Crippen LogP contribution in [0.3, 0.4) is 0 Å². The van der Waals surface area contributed by atoms with E-state index in [-0.39, 0.29) is 5.54 Å². The van der Waals surface area contributed by atoms with Crippen LogP contribution in [0.2, 0.25) is 0 Å². The van der Waals surface area contributed by atoms with E-state index in [1.54, 1.807) is 0 Å². The lowest BCUT2D eigenvalue weighted by atomic mass is 9.81. The molecule has 2 heteroatoms. The zero-order valence-electron chi connectivity index (χ0n) is 6.98. The fraction of sp³-hybridized carbons (Fsp3) is 1.00. The Labute approximate surface area is 63.2 Å². The quantitative estimate of drug-likeness (QED) is 0.570. The van der Waals surface area contributed by atoms with Gasteiger partial charge < -0.3 is 11.1 Å². The molecule has 0 heterocycles. The Bertz CT molecular complexity index is 110. The highest BCUT2D eigenvalue weighted by atomic mass is 14.9. The highest BCUT2D eigenvalue weighted by Gasteiger charge is 2.26. The first-order chi connectivity index (χ1) is 4.64. The van der Waals surface area contributed by atoms with Gasteiger partial charge in [0.15, 0.2) is 0 Å². The van der Waals surface area contributed by atoms with Gasteiger partial charge in [-0.15, -0.1) is 0 Å². The standard InChI is InChI=1S/C8H18N2/c1-8(9)5-3-4-7(6-8)10-2/h7,10H,3-6,9H2,1-2H3. The van der Waals surface area contributed by atoms with Gasteiger partial charge in [0.05, 0.1) is 0 Å². The van der Waals surface area contributed by atoms with E-state index in [2.05, 4.69) is 12.2 Å². The van der Waals surface area contributed by atoms with Gasteiger partial charge >= 0.3 is 0 Å². The molecule has 0 aromatic carbocycles. The number of hydrogen-bond donors (Lipinski definition) is 2. The molecule has 0 bridgehead atoms. The summed E-state index contributed by atoms with van der Waals surface area (Å²) in [6, 6.07) is 0.656. The zero-order chi connectivity index (χ0) is 7.61. The van der Waals surface area contributed by atoms with Gasteiger partial charge in [-0.25, -0.2) is 0 Å². The second kappa shape index (κ2) is 2.89. The van der Waals surface area contributed by atoms with E-state index in [4.69, 9.17) is 5.73 Å². The van der Waals surface area contributed by atoms with Crippen molar-refractivity contribution in [2.45, 2.75) is 44.2 Å². The molecule has 2 unspecified atom stereocenters. The molecule has 1 rings (SSSR count). The van der Waals surface area contributed by atoms with Gasteiger partial charge in [0.25, 0.3) is 0 Å². The van der Waals surface area contributed by atoms with Crippen molar-refractivity contribution in [3.63, 3.8) is 0 Å². The van der Waals surface area contributed by atoms with E-state index in [9.17, 15) is 0 Å². The largest absolute Gasteiger partial charge is 0.325 e. The van der Waals surface area contributed by atoms with Gasteiger partial charge in [0, 0.05) is 11.6 Å². The van der Waals surface area contributed by atoms with Crippen molar-refractivity contribution in [3.8, 4) is 0 Å². The molecular formula is C8H18N2. The minimum absolute atomic E-state index is 0.0892. The average molecular weight is 142 g/mol. The van der Waals surface area contributed by atoms with Crippen molar-refractivity contribution in [1.29, 1.82) is 0 Å². The van der Waals surface area contributed by atoms with Crippen LogP contribution in [0.15, 0.2) is 0 Å². The van der Waals surface area contributed by atoms with Crippen molar-refractivity contribution in [2.24, 2.45) is 5.73 Å². The van der Waals surface area contributed by atoms with Gasteiger partial charge in [0.2, 0.25) is 0 Å². The van der Waals surface area contributed by atoms with E-state index in [0.29, 0.717) is 6.04 Å². The van der Waals surface area contributed by atoms with Gasteiger partial charge in [-0.2, -0.15) is 0 Å². The summed E-state index contributed by atoms with van der Waals surface area (Å²) in [5.74, 6) is 0. The Morgan fingerprint density at radius 1 is 1.60 bits per heavy atom. The van der Waals surface area contributed by atoms with E-state index >= 15 is 0 Å². The predicted octanol–water partition coefficient (Wildman–Crippen LogP) is 0.866. The third-order valence-corrected chi connectivity index (χ3v) is 2.42. The van der Waals surface area contributed by atoms with Crippen LogP contribution in [0.25, 0.3) is 0 Å². The highest BCUT2D eigenvalue weighted by Crippen LogP contribution is 2.25. The molecule has 60 valence electrons. The van der Waals surface area contributed by atoms with E-state index in [1.165, 1.54) is 19.3 Å². The van der Waals surface area contributed by atoms with Crippen LogP contribution in [-0.4, -0.2) is 18.6 Å². The lowest BCUT2D eigenvalue weighted by molar-refractivity contribution is 0.269. The second-order valence-electron chi connectivity index (χ2n) is 3.74. The first-order valence-electron chi connectivity index (χ1n) is 4.10. The van der Waals surface area contributed by atoms with E-state index < -0.39 is 0 Å². The fourth-order valence-corrected chi connectivity index (χ4v) is 1.77. The smallest absolute Gasteiger partial charge is 0.0140 e. The van der Waals surface area contributed by atoms with Crippen LogP contribution in [0, 0.1) is 0 Å². The van der Waals surface area contributed by atoms with Crippen molar-refractivity contribution < 1.29 is 0 Å². The van der Waals surface area contributed by atoms with E-state index in [0.717, 1.165) is 6.42 Å². The van der Waals surface area contributed by atoms with E-state index in [1.807, 2.05) is 7.05 Å². The summed E-state index contributed by atoms with van der Waals surface area (Å²) in [4.78, 5) is 0. The van der Waals surface area contributed by atoms with Crippen molar-refractivity contribution in [3.05, 3.63) is 0 Å². The summed E-state index contributed by atoms with van der Waals surface area (Å²) in [5.41, 5.74) is 6.09. The van der Waals surface area contributed by atoms with Gasteiger partial charge in [-0.1, -0.05) is 6.42 Å². The number of nitrogens with two attached hydrogens (primary N) is 1. The lowest BCUT2D eigenvalue weighted by Crippen LogP contribution is -2.46. The van der Waals surface area contributed by atoms with Crippen LogP contribution in [0.5, 0.6) is 0 Å². The van der Waals surface area contributed by atoms with Crippen molar-refractivity contribution in [1.82, 2.24) is 5.32 Å². The number of hydrogen-bond acceptors (Lipinski definition) is 2. The summed E-state index contributed by atoms with van der Waals surface area (Å²) < 4.78 is 0. The molecule has 0 aliphatic heterocycles. The Morgan fingerprint density at radius 3 is 2.70 bits per heavy atom. The van der Waals surface area contributed by atoms with Crippen LogP contribution < -0.4 is 11.1 Å². The summed E-state index contributed by atoms with van der Waals surface area (Å²) in [6.45, 7) is 2.15. The Kier molecular flexibility index (Phi) is 2.32. The Morgan fingerprint density at radius 2 is 2.30 bits per heavy atom. The molecular weight excluding hydrogens is 124 g/mol. The first kappa shape index (κ1) is 8.02. The third kappa shape index (κ3) is 1.96. The van der Waals surface area contributed by atoms with Crippen LogP contribution in [0.4, 0.5) is 0 Å². The van der Waals surface area contributed by atoms with Crippen LogP contribution in [-0.2, 0) is 0 Å². The molecule has 10 heavy (non-hydrogen) atoms. The molecule has 1 saturated carbocycles. The van der Waals surface area contributed by atoms with Crippen molar-refractivity contribution >= 4 is 0 Å².